The van der Waals surface area contributed by atoms with Crippen LogP contribution in [0.4, 0.5) is 5.69 Å². The van der Waals surface area contributed by atoms with Crippen LogP contribution in [0.25, 0.3) is 0 Å². The highest BCUT2D eigenvalue weighted by Crippen LogP contribution is 2.34. The Morgan fingerprint density at radius 2 is 2.00 bits per heavy atom. The van der Waals surface area contributed by atoms with Crippen molar-refractivity contribution in [3.63, 3.8) is 0 Å². The van der Waals surface area contributed by atoms with E-state index in [1.165, 1.54) is 17.3 Å². The predicted octanol–water partition coefficient (Wildman–Crippen LogP) is 6.65. The molecule has 1 unspecified atom stereocenters. The van der Waals surface area contributed by atoms with E-state index in [0.29, 0.717) is 38.0 Å². The van der Waals surface area contributed by atoms with E-state index >= 15 is 0 Å². The van der Waals surface area contributed by atoms with Gasteiger partial charge in [-0.05, 0) is 60.6 Å². The van der Waals surface area contributed by atoms with Crippen LogP contribution in [0.15, 0.2) is 59.6 Å². The fourth-order valence-electron chi connectivity index (χ4n) is 3.89. The molecule has 1 N–H and O–H groups in total. The van der Waals surface area contributed by atoms with E-state index in [1.807, 2.05) is 12.1 Å². The molecule has 4 rings (SSSR count). The molecule has 4 nitrogen and oxygen atoms in total. The lowest BCUT2D eigenvalue weighted by molar-refractivity contribution is -0.115. The van der Waals surface area contributed by atoms with Crippen molar-refractivity contribution in [1.82, 2.24) is 4.98 Å². The molecular formula is C25H21Cl2N3OS. The van der Waals surface area contributed by atoms with Gasteiger partial charge in [0, 0.05) is 22.9 Å². The number of nitriles is 1. The molecule has 2 aromatic carbocycles. The predicted molar refractivity (Wildman–Crippen MR) is 131 cm³/mol. The average Bonchev–Trinajstić information content (AvgIpc) is 2.80. The summed E-state index contributed by atoms with van der Waals surface area (Å²) in [6.45, 7) is 0. The molecule has 1 aliphatic carbocycles. The first-order chi connectivity index (χ1) is 15.5. The minimum atomic E-state index is -0.149. The molecule has 3 aromatic rings. The number of pyridine rings is 1. The number of benzene rings is 2. The van der Waals surface area contributed by atoms with Crippen LogP contribution < -0.4 is 5.32 Å². The number of rotatable bonds is 6. The highest BCUT2D eigenvalue weighted by molar-refractivity contribution is 7.99. The van der Waals surface area contributed by atoms with Gasteiger partial charge in [-0.15, -0.1) is 11.8 Å². The van der Waals surface area contributed by atoms with Gasteiger partial charge in [-0.25, -0.2) is 4.98 Å². The zero-order valence-corrected chi connectivity index (χ0v) is 19.6. The summed E-state index contributed by atoms with van der Waals surface area (Å²) in [4.78, 5) is 17.1. The van der Waals surface area contributed by atoms with Crippen molar-refractivity contribution in [1.29, 1.82) is 5.26 Å². The van der Waals surface area contributed by atoms with Gasteiger partial charge in [0.25, 0.3) is 0 Å². The second-order valence-corrected chi connectivity index (χ2v) is 9.61. The maximum Gasteiger partial charge on any atom is 0.225 e. The molecule has 0 radical (unpaired) electrons. The van der Waals surface area contributed by atoms with Crippen molar-refractivity contribution >= 4 is 46.6 Å². The lowest BCUT2D eigenvalue weighted by atomic mass is 9.82. The smallest absolute Gasteiger partial charge is 0.225 e. The molecule has 1 aromatic heterocycles. The number of halogens is 2. The van der Waals surface area contributed by atoms with Gasteiger partial charge in [-0.2, -0.15) is 5.26 Å². The molecule has 1 atom stereocenters. The van der Waals surface area contributed by atoms with Crippen molar-refractivity contribution in [2.75, 3.05) is 11.1 Å². The summed E-state index contributed by atoms with van der Waals surface area (Å²) < 4.78 is 0. The van der Waals surface area contributed by atoms with Gasteiger partial charge >= 0.3 is 0 Å². The fraction of sp³-hybridized carbons (Fsp3) is 0.240. The SMILES string of the molecule is N#Cc1cc2c(nc1SCCC(=O)Nc1ccc(Cl)cc1Cl)CCC(c1ccccc1)C2. The Hall–Kier alpha value is -2.52. The van der Waals surface area contributed by atoms with Crippen LogP contribution in [-0.2, 0) is 17.6 Å². The Bertz CT molecular complexity index is 1180. The van der Waals surface area contributed by atoms with Crippen molar-refractivity contribution < 1.29 is 4.79 Å². The summed E-state index contributed by atoms with van der Waals surface area (Å²) in [5, 5.41) is 14.1. The molecule has 0 saturated carbocycles. The van der Waals surface area contributed by atoms with Crippen LogP contribution >= 0.6 is 35.0 Å². The summed E-state index contributed by atoms with van der Waals surface area (Å²) in [5.41, 5.74) is 4.66. The van der Waals surface area contributed by atoms with E-state index < -0.39 is 0 Å². The summed E-state index contributed by atoms with van der Waals surface area (Å²) in [7, 11) is 0. The largest absolute Gasteiger partial charge is 0.325 e. The molecule has 162 valence electrons. The fourth-order valence-corrected chi connectivity index (χ4v) is 5.26. The zero-order chi connectivity index (χ0) is 22.5. The quantitative estimate of drug-likeness (QED) is 0.400. The van der Waals surface area contributed by atoms with Gasteiger partial charge in [-0.1, -0.05) is 53.5 Å². The number of carbonyl (C=O) groups is 1. The Labute approximate surface area is 202 Å². The van der Waals surface area contributed by atoms with E-state index in [0.717, 1.165) is 30.5 Å². The van der Waals surface area contributed by atoms with Crippen molar-refractivity contribution in [3.8, 4) is 6.07 Å². The molecule has 0 fully saturated rings. The Morgan fingerprint density at radius 3 is 2.75 bits per heavy atom. The van der Waals surface area contributed by atoms with Crippen molar-refractivity contribution in [2.45, 2.75) is 36.6 Å². The van der Waals surface area contributed by atoms with Gasteiger partial charge in [0.05, 0.1) is 16.3 Å². The van der Waals surface area contributed by atoms with Gasteiger partial charge in [-0.3, -0.25) is 4.79 Å². The highest BCUT2D eigenvalue weighted by Gasteiger charge is 2.23. The molecule has 1 amide bonds. The number of aromatic nitrogens is 1. The number of carbonyl (C=O) groups excluding carboxylic acids is 1. The topological polar surface area (TPSA) is 65.8 Å². The molecule has 0 saturated heterocycles. The van der Waals surface area contributed by atoms with Crippen molar-refractivity contribution in [2.24, 2.45) is 0 Å². The molecular weight excluding hydrogens is 461 g/mol. The standard InChI is InChI=1S/C25H21Cl2N3OS/c26-20-7-9-23(21(27)14-20)29-24(31)10-11-32-25-19(15-28)13-18-12-17(6-8-22(18)30-25)16-4-2-1-3-5-16/h1-5,7,9,13-14,17H,6,8,10-12H2,(H,29,31). The van der Waals surface area contributed by atoms with E-state index in [-0.39, 0.29) is 12.3 Å². The number of nitrogens with one attached hydrogen (secondary N) is 1. The number of hydrogen-bond donors (Lipinski definition) is 1. The summed E-state index contributed by atoms with van der Waals surface area (Å²) in [5.74, 6) is 0.826. The number of anilines is 1. The first-order valence-corrected chi connectivity index (χ1v) is 12.1. The summed E-state index contributed by atoms with van der Waals surface area (Å²) in [6.07, 6.45) is 3.12. The molecule has 1 aliphatic rings. The number of amides is 1. The van der Waals surface area contributed by atoms with Crippen LogP contribution in [0, 0.1) is 11.3 Å². The maximum absolute atomic E-state index is 12.3. The Balaban J connectivity index is 1.38. The Kier molecular flexibility index (Phi) is 7.36. The second-order valence-electron chi connectivity index (χ2n) is 7.68. The van der Waals surface area contributed by atoms with Crippen LogP contribution in [0.3, 0.4) is 0 Å². The van der Waals surface area contributed by atoms with Gasteiger partial charge in [0.1, 0.15) is 11.1 Å². The monoisotopic (exact) mass is 481 g/mol. The third-order valence-electron chi connectivity index (χ3n) is 5.52. The number of fused-ring (bicyclic) bond motifs is 1. The number of hydrogen-bond acceptors (Lipinski definition) is 4. The lowest BCUT2D eigenvalue weighted by Crippen LogP contribution is -2.15. The first kappa shape index (κ1) is 22.7. The second kappa shape index (κ2) is 10.4. The van der Waals surface area contributed by atoms with Crippen LogP contribution in [0.1, 0.15) is 41.1 Å². The van der Waals surface area contributed by atoms with Crippen molar-refractivity contribution in [3.05, 3.63) is 87.0 Å². The Morgan fingerprint density at radius 1 is 1.19 bits per heavy atom. The normalized spacial score (nSPS) is 15.0. The molecule has 0 bridgehead atoms. The van der Waals surface area contributed by atoms with E-state index in [9.17, 15) is 10.1 Å². The lowest BCUT2D eigenvalue weighted by Gasteiger charge is -2.25. The minimum Gasteiger partial charge on any atom is -0.325 e. The zero-order valence-electron chi connectivity index (χ0n) is 17.3. The summed E-state index contributed by atoms with van der Waals surface area (Å²) in [6, 6.07) is 19.7. The molecule has 0 spiro atoms. The highest BCUT2D eigenvalue weighted by atomic mass is 35.5. The van der Waals surface area contributed by atoms with E-state index in [4.69, 9.17) is 28.2 Å². The van der Waals surface area contributed by atoms with Crippen LogP contribution in [0.5, 0.6) is 0 Å². The molecule has 0 aliphatic heterocycles. The molecule has 7 heteroatoms. The molecule has 1 heterocycles. The first-order valence-electron chi connectivity index (χ1n) is 10.4. The molecule has 32 heavy (non-hydrogen) atoms. The van der Waals surface area contributed by atoms with Gasteiger partial charge < -0.3 is 5.32 Å². The number of nitrogens with zero attached hydrogens (tertiary/aromatic N) is 2. The van der Waals surface area contributed by atoms with E-state index in [2.05, 4.69) is 35.7 Å². The summed E-state index contributed by atoms with van der Waals surface area (Å²) >= 11 is 13.4. The maximum atomic E-state index is 12.3. The average molecular weight is 482 g/mol. The third-order valence-corrected chi connectivity index (χ3v) is 7.06. The number of thioether (sulfide) groups is 1. The van der Waals surface area contributed by atoms with Gasteiger partial charge in [0.15, 0.2) is 0 Å². The van der Waals surface area contributed by atoms with Crippen LogP contribution in [-0.4, -0.2) is 16.6 Å². The third kappa shape index (κ3) is 5.45. The minimum absolute atomic E-state index is 0.149. The van der Waals surface area contributed by atoms with Crippen LogP contribution in [0.2, 0.25) is 10.0 Å². The van der Waals surface area contributed by atoms with E-state index in [1.54, 1.807) is 18.2 Å². The van der Waals surface area contributed by atoms with Gasteiger partial charge in [0.2, 0.25) is 5.91 Å². The number of aryl methyl sites for hydroxylation is 1.